The van der Waals surface area contributed by atoms with Crippen LogP contribution in [0.25, 0.3) is 16.9 Å². The monoisotopic (exact) mass is 354 g/mol. The molecule has 0 spiro atoms. The highest BCUT2D eigenvalue weighted by molar-refractivity contribution is 5.67. The van der Waals surface area contributed by atoms with E-state index in [1.807, 2.05) is 35.6 Å². The van der Waals surface area contributed by atoms with E-state index in [0.29, 0.717) is 6.61 Å². The number of piperazine rings is 1. The lowest BCUT2D eigenvalue weighted by atomic mass is 10.1. The normalized spacial score (nSPS) is 15.5. The molecule has 1 N–H and O–H groups in total. The first-order valence-electron chi connectivity index (χ1n) is 9.07. The zero-order chi connectivity index (χ0) is 17.9. The first-order chi connectivity index (χ1) is 12.7. The van der Waals surface area contributed by atoms with Crippen molar-refractivity contribution in [1.29, 1.82) is 0 Å². The van der Waals surface area contributed by atoms with Crippen LogP contribution in [0.2, 0.25) is 0 Å². The number of ether oxygens (including phenoxy) is 1. The predicted octanol–water partition coefficient (Wildman–Crippen LogP) is 2.94. The number of nitrogens with one attached hydrogen (secondary N) is 1. The van der Waals surface area contributed by atoms with Gasteiger partial charge in [0, 0.05) is 44.5 Å². The van der Waals surface area contributed by atoms with Gasteiger partial charge >= 0.3 is 0 Å². The minimum absolute atomic E-state index is 0.255. The second-order valence-electron chi connectivity index (χ2n) is 6.47. The number of hydrogen-bond donors (Lipinski definition) is 1. The van der Waals surface area contributed by atoms with Crippen LogP contribution in [0, 0.1) is 5.82 Å². The van der Waals surface area contributed by atoms with Crippen molar-refractivity contribution in [3.8, 4) is 17.0 Å². The Labute approximate surface area is 152 Å². The van der Waals surface area contributed by atoms with Crippen LogP contribution in [-0.2, 0) is 6.54 Å². The lowest BCUT2D eigenvalue weighted by Gasteiger charge is -2.27. The smallest absolute Gasteiger partial charge is 0.139 e. The number of aromatic nitrogens is 2. The van der Waals surface area contributed by atoms with E-state index in [1.54, 1.807) is 6.07 Å². The molecule has 0 radical (unpaired) electrons. The number of hydrogen-bond acceptors (Lipinski definition) is 4. The Balaban J connectivity index is 1.75. The number of rotatable bonds is 5. The van der Waals surface area contributed by atoms with Gasteiger partial charge in [-0.2, -0.15) is 0 Å². The molecule has 0 unspecified atom stereocenters. The third kappa shape index (κ3) is 3.43. The van der Waals surface area contributed by atoms with E-state index in [4.69, 9.17) is 9.72 Å². The highest BCUT2D eigenvalue weighted by Gasteiger charge is 2.19. The molecule has 1 aliphatic heterocycles. The summed E-state index contributed by atoms with van der Waals surface area (Å²) in [6.07, 6.45) is 1.53. The zero-order valence-corrected chi connectivity index (χ0v) is 14.9. The summed E-state index contributed by atoms with van der Waals surface area (Å²) in [7, 11) is 0. The molecule has 0 saturated carbocycles. The molecule has 2 aromatic heterocycles. The fourth-order valence-corrected chi connectivity index (χ4v) is 3.41. The molecule has 1 aromatic carbocycles. The van der Waals surface area contributed by atoms with Gasteiger partial charge in [-0.1, -0.05) is 0 Å². The van der Waals surface area contributed by atoms with Crippen LogP contribution in [-0.4, -0.2) is 47.1 Å². The van der Waals surface area contributed by atoms with Crippen LogP contribution in [0.3, 0.4) is 0 Å². The van der Waals surface area contributed by atoms with E-state index in [1.165, 1.54) is 12.3 Å². The summed E-state index contributed by atoms with van der Waals surface area (Å²) in [4.78, 5) is 7.16. The minimum atomic E-state index is -0.255. The molecular weight excluding hydrogens is 331 g/mol. The molecule has 1 fully saturated rings. The fraction of sp³-hybridized carbons (Fsp3) is 0.350. The summed E-state index contributed by atoms with van der Waals surface area (Å²) >= 11 is 0. The maximum atomic E-state index is 13.9. The van der Waals surface area contributed by atoms with Crippen LogP contribution in [0.15, 0.2) is 42.6 Å². The highest BCUT2D eigenvalue weighted by Crippen LogP contribution is 2.28. The van der Waals surface area contributed by atoms with Crippen molar-refractivity contribution < 1.29 is 9.13 Å². The molecule has 1 saturated heterocycles. The Hall–Kier alpha value is -2.44. The molecule has 6 heteroatoms. The summed E-state index contributed by atoms with van der Waals surface area (Å²) in [6, 6.07) is 11.1. The average Bonchev–Trinajstić information content (AvgIpc) is 3.01. The third-order valence-electron chi connectivity index (χ3n) is 4.70. The number of fused-ring (bicyclic) bond motifs is 1. The van der Waals surface area contributed by atoms with Gasteiger partial charge in [-0.05, 0) is 43.3 Å². The third-order valence-corrected chi connectivity index (χ3v) is 4.70. The molecule has 3 heterocycles. The van der Waals surface area contributed by atoms with Gasteiger partial charge in [-0.25, -0.2) is 9.37 Å². The Kier molecular flexibility index (Phi) is 4.86. The van der Waals surface area contributed by atoms with E-state index in [9.17, 15) is 4.39 Å². The molecule has 0 amide bonds. The van der Waals surface area contributed by atoms with Crippen LogP contribution in [0.5, 0.6) is 5.75 Å². The number of nitrogens with zero attached hydrogens (tertiary/aromatic N) is 3. The van der Waals surface area contributed by atoms with Crippen molar-refractivity contribution >= 4 is 5.65 Å². The van der Waals surface area contributed by atoms with Gasteiger partial charge in [0.25, 0.3) is 0 Å². The van der Waals surface area contributed by atoms with Crippen molar-refractivity contribution in [2.45, 2.75) is 13.5 Å². The number of imidazole rings is 1. The van der Waals surface area contributed by atoms with E-state index >= 15 is 0 Å². The molecule has 4 rings (SSSR count). The number of benzene rings is 1. The van der Waals surface area contributed by atoms with Crippen molar-refractivity contribution in [2.24, 2.45) is 0 Å². The van der Waals surface area contributed by atoms with Crippen molar-refractivity contribution in [2.75, 3.05) is 32.8 Å². The topological polar surface area (TPSA) is 41.8 Å². The zero-order valence-electron chi connectivity index (χ0n) is 14.9. The molecular formula is C20H23FN4O. The molecule has 0 aliphatic carbocycles. The Morgan fingerprint density at radius 1 is 1.12 bits per heavy atom. The molecule has 0 bridgehead atoms. The lowest BCUT2D eigenvalue weighted by Crippen LogP contribution is -2.43. The van der Waals surface area contributed by atoms with Crippen molar-refractivity contribution in [1.82, 2.24) is 19.6 Å². The molecule has 3 aromatic rings. The molecule has 5 nitrogen and oxygen atoms in total. The van der Waals surface area contributed by atoms with E-state index < -0.39 is 0 Å². The Morgan fingerprint density at radius 2 is 1.88 bits per heavy atom. The molecule has 26 heavy (non-hydrogen) atoms. The average molecular weight is 354 g/mol. The summed E-state index contributed by atoms with van der Waals surface area (Å²) in [5.74, 6) is 0.587. The SMILES string of the molecule is CCOc1ccc(-c2nc3ccc(F)cn3c2CN2CCNCC2)cc1. The summed E-state index contributed by atoms with van der Waals surface area (Å²) < 4.78 is 21.3. The first-order valence-corrected chi connectivity index (χ1v) is 9.07. The summed E-state index contributed by atoms with van der Waals surface area (Å²) in [6.45, 7) is 7.26. The van der Waals surface area contributed by atoms with E-state index in [2.05, 4.69) is 10.2 Å². The van der Waals surface area contributed by atoms with Crippen molar-refractivity contribution in [3.63, 3.8) is 0 Å². The largest absolute Gasteiger partial charge is 0.494 e. The Bertz CT molecular complexity index is 885. The van der Waals surface area contributed by atoms with Crippen LogP contribution in [0.1, 0.15) is 12.6 Å². The maximum absolute atomic E-state index is 13.9. The quantitative estimate of drug-likeness (QED) is 0.765. The fourth-order valence-electron chi connectivity index (χ4n) is 3.41. The van der Waals surface area contributed by atoms with Crippen LogP contribution >= 0.6 is 0 Å². The standard InChI is InChI=1S/C20H23FN4O/c1-2-26-17-6-3-15(4-7-17)20-18(14-24-11-9-22-10-12-24)25-13-16(21)5-8-19(25)23-20/h3-8,13,22H,2,9-12,14H2,1H3. The van der Waals surface area contributed by atoms with Gasteiger partial charge in [0.05, 0.1) is 18.0 Å². The van der Waals surface area contributed by atoms with Crippen molar-refractivity contribution in [3.05, 3.63) is 54.1 Å². The summed E-state index contributed by atoms with van der Waals surface area (Å²) in [5.41, 5.74) is 3.70. The predicted molar refractivity (Wildman–Crippen MR) is 99.9 cm³/mol. The molecule has 1 aliphatic rings. The van der Waals surface area contributed by atoms with Gasteiger partial charge in [-0.3, -0.25) is 9.30 Å². The lowest BCUT2D eigenvalue weighted by molar-refractivity contribution is 0.230. The number of pyridine rings is 1. The second-order valence-corrected chi connectivity index (χ2v) is 6.47. The van der Waals surface area contributed by atoms with E-state index in [-0.39, 0.29) is 5.82 Å². The Morgan fingerprint density at radius 3 is 2.62 bits per heavy atom. The highest BCUT2D eigenvalue weighted by atomic mass is 19.1. The van der Waals surface area contributed by atoms with Gasteiger partial charge in [-0.15, -0.1) is 0 Å². The van der Waals surface area contributed by atoms with Crippen LogP contribution in [0.4, 0.5) is 4.39 Å². The minimum Gasteiger partial charge on any atom is -0.494 e. The number of halogens is 1. The summed E-state index contributed by atoms with van der Waals surface area (Å²) in [5, 5.41) is 3.37. The van der Waals surface area contributed by atoms with Gasteiger partial charge in [0.1, 0.15) is 17.2 Å². The first kappa shape index (κ1) is 17.0. The van der Waals surface area contributed by atoms with E-state index in [0.717, 1.165) is 61.1 Å². The molecule has 136 valence electrons. The van der Waals surface area contributed by atoms with Gasteiger partial charge in [0.15, 0.2) is 0 Å². The van der Waals surface area contributed by atoms with Crippen LogP contribution < -0.4 is 10.1 Å². The van der Waals surface area contributed by atoms with Gasteiger partial charge in [0.2, 0.25) is 0 Å². The molecule has 0 atom stereocenters. The second kappa shape index (κ2) is 7.43. The van der Waals surface area contributed by atoms with Gasteiger partial charge < -0.3 is 10.1 Å². The maximum Gasteiger partial charge on any atom is 0.139 e.